The monoisotopic (exact) mass is 388 g/mol. The molecular formula is C21H28N2O3S. The van der Waals surface area contributed by atoms with E-state index in [-0.39, 0.29) is 19.0 Å². The van der Waals surface area contributed by atoms with Crippen molar-refractivity contribution in [3.63, 3.8) is 0 Å². The minimum absolute atomic E-state index is 0.184. The van der Waals surface area contributed by atoms with Gasteiger partial charge in [-0.3, -0.25) is 4.79 Å². The molecule has 2 aromatic rings. The number of sulfonamides is 1. The van der Waals surface area contributed by atoms with Gasteiger partial charge in [-0.05, 0) is 55.5 Å². The third-order valence-electron chi connectivity index (χ3n) is 4.60. The summed E-state index contributed by atoms with van der Waals surface area (Å²) >= 11 is 0. The summed E-state index contributed by atoms with van der Waals surface area (Å²) in [6, 6.07) is 15.5. The zero-order valence-electron chi connectivity index (χ0n) is 16.2. The van der Waals surface area contributed by atoms with E-state index in [0.717, 1.165) is 24.0 Å². The fourth-order valence-corrected chi connectivity index (χ4v) is 3.71. The van der Waals surface area contributed by atoms with E-state index in [9.17, 15) is 13.2 Å². The van der Waals surface area contributed by atoms with Gasteiger partial charge in [0.2, 0.25) is 10.0 Å². The van der Waals surface area contributed by atoms with Crippen molar-refractivity contribution in [1.29, 1.82) is 0 Å². The third-order valence-corrected chi connectivity index (χ3v) is 5.90. The van der Waals surface area contributed by atoms with Crippen molar-refractivity contribution >= 4 is 15.9 Å². The van der Waals surface area contributed by atoms with Crippen molar-refractivity contribution < 1.29 is 13.2 Å². The molecule has 0 radical (unpaired) electrons. The number of nitrogens with one attached hydrogen (secondary N) is 1. The molecule has 2 aromatic carbocycles. The van der Waals surface area contributed by atoms with Gasteiger partial charge < -0.3 is 5.32 Å². The molecule has 27 heavy (non-hydrogen) atoms. The van der Waals surface area contributed by atoms with E-state index in [1.54, 1.807) is 6.07 Å². The van der Waals surface area contributed by atoms with Crippen LogP contribution in [0.2, 0.25) is 0 Å². The molecule has 2 rings (SSSR count). The highest BCUT2D eigenvalue weighted by Crippen LogP contribution is 2.10. The van der Waals surface area contributed by atoms with Crippen LogP contribution in [0.5, 0.6) is 0 Å². The van der Waals surface area contributed by atoms with Crippen molar-refractivity contribution in [2.45, 2.75) is 26.7 Å². The van der Waals surface area contributed by atoms with E-state index in [0.29, 0.717) is 12.1 Å². The Hall–Kier alpha value is -2.18. The molecule has 0 spiro atoms. The first kappa shape index (κ1) is 21.1. The molecule has 1 amide bonds. The standard InChI is InChI=1S/C21H28N2O3S/c1-17-11-12-20(16-18(17)2)21(24)22-13-15-23(27(3,25)26)14-7-10-19-8-5-4-6-9-19/h4-6,8-9,11-12,16H,7,10,13-15H2,1-3H3,(H,22,24). The quantitative estimate of drug-likeness (QED) is 0.718. The van der Waals surface area contributed by atoms with Gasteiger partial charge in [0.05, 0.1) is 6.26 Å². The zero-order valence-corrected chi connectivity index (χ0v) is 17.1. The Kier molecular flexibility index (Phi) is 7.56. The zero-order chi connectivity index (χ0) is 19.9. The molecule has 0 saturated carbocycles. The highest BCUT2D eigenvalue weighted by molar-refractivity contribution is 7.88. The van der Waals surface area contributed by atoms with Crippen LogP contribution in [0, 0.1) is 13.8 Å². The first-order chi connectivity index (χ1) is 12.8. The number of nitrogens with zero attached hydrogens (tertiary/aromatic N) is 1. The van der Waals surface area contributed by atoms with Gasteiger partial charge in [0.25, 0.3) is 5.91 Å². The summed E-state index contributed by atoms with van der Waals surface area (Å²) in [5.41, 5.74) is 3.97. The normalized spacial score (nSPS) is 11.6. The molecular weight excluding hydrogens is 360 g/mol. The summed E-state index contributed by atoms with van der Waals surface area (Å²) in [7, 11) is -3.31. The van der Waals surface area contributed by atoms with Gasteiger partial charge in [-0.1, -0.05) is 36.4 Å². The molecule has 0 unspecified atom stereocenters. The number of hydrogen-bond donors (Lipinski definition) is 1. The smallest absolute Gasteiger partial charge is 0.251 e. The molecule has 0 heterocycles. The minimum Gasteiger partial charge on any atom is -0.351 e. The van der Waals surface area contributed by atoms with Crippen molar-refractivity contribution in [1.82, 2.24) is 9.62 Å². The van der Waals surface area contributed by atoms with Crippen LogP contribution in [0.15, 0.2) is 48.5 Å². The first-order valence-corrected chi connectivity index (χ1v) is 11.0. The van der Waals surface area contributed by atoms with E-state index in [1.807, 2.05) is 56.3 Å². The highest BCUT2D eigenvalue weighted by atomic mass is 32.2. The molecule has 0 atom stereocenters. The Morgan fingerprint density at radius 1 is 1.00 bits per heavy atom. The minimum atomic E-state index is -3.31. The second-order valence-corrected chi connectivity index (χ2v) is 8.79. The summed E-state index contributed by atoms with van der Waals surface area (Å²) in [6.45, 7) is 4.95. The highest BCUT2D eigenvalue weighted by Gasteiger charge is 2.16. The maximum absolute atomic E-state index is 12.3. The Morgan fingerprint density at radius 2 is 1.70 bits per heavy atom. The van der Waals surface area contributed by atoms with Crippen LogP contribution in [-0.4, -0.2) is 44.5 Å². The van der Waals surface area contributed by atoms with Crippen molar-refractivity contribution in [3.8, 4) is 0 Å². The molecule has 0 aliphatic heterocycles. The second kappa shape index (κ2) is 9.67. The van der Waals surface area contributed by atoms with Gasteiger partial charge in [-0.15, -0.1) is 0 Å². The number of rotatable bonds is 9. The second-order valence-electron chi connectivity index (χ2n) is 6.81. The predicted molar refractivity (Wildman–Crippen MR) is 109 cm³/mol. The Labute approximate surface area is 162 Å². The van der Waals surface area contributed by atoms with E-state index >= 15 is 0 Å². The van der Waals surface area contributed by atoms with Crippen LogP contribution in [0.25, 0.3) is 0 Å². The SMILES string of the molecule is Cc1ccc(C(=O)NCCN(CCCc2ccccc2)S(C)(=O)=O)cc1C. The van der Waals surface area contributed by atoms with Crippen LogP contribution >= 0.6 is 0 Å². The number of hydrogen-bond acceptors (Lipinski definition) is 3. The van der Waals surface area contributed by atoms with Crippen LogP contribution in [0.3, 0.4) is 0 Å². The average molecular weight is 389 g/mol. The summed E-state index contributed by atoms with van der Waals surface area (Å²) in [5, 5.41) is 2.81. The van der Waals surface area contributed by atoms with Gasteiger partial charge >= 0.3 is 0 Å². The Bertz CT molecular complexity index is 864. The Morgan fingerprint density at radius 3 is 2.33 bits per heavy atom. The first-order valence-electron chi connectivity index (χ1n) is 9.12. The molecule has 0 aliphatic rings. The molecule has 5 nitrogen and oxygen atoms in total. The molecule has 0 aromatic heterocycles. The van der Waals surface area contributed by atoms with Gasteiger partial charge in [0.1, 0.15) is 0 Å². The fraction of sp³-hybridized carbons (Fsp3) is 0.381. The number of benzene rings is 2. The van der Waals surface area contributed by atoms with Gasteiger partial charge in [-0.2, -0.15) is 0 Å². The summed E-state index contributed by atoms with van der Waals surface area (Å²) in [6.07, 6.45) is 2.77. The predicted octanol–water partition coefficient (Wildman–Crippen LogP) is 2.93. The molecule has 1 N–H and O–H groups in total. The summed E-state index contributed by atoms with van der Waals surface area (Å²) < 4.78 is 25.5. The van der Waals surface area contributed by atoms with Crippen molar-refractivity contribution in [3.05, 3.63) is 70.8 Å². The number of amides is 1. The topological polar surface area (TPSA) is 66.5 Å². The van der Waals surface area contributed by atoms with E-state index in [2.05, 4.69) is 5.32 Å². The molecule has 0 aliphatic carbocycles. The van der Waals surface area contributed by atoms with Crippen molar-refractivity contribution in [2.24, 2.45) is 0 Å². The fourth-order valence-electron chi connectivity index (χ4n) is 2.83. The lowest BCUT2D eigenvalue weighted by atomic mass is 10.1. The van der Waals surface area contributed by atoms with Crippen LogP contribution in [0.4, 0.5) is 0 Å². The maximum atomic E-state index is 12.3. The van der Waals surface area contributed by atoms with E-state index < -0.39 is 10.0 Å². The Balaban J connectivity index is 1.85. The molecule has 6 heteroatoms. The van der Waals surface area contributed by atoms with Gasteiger partial charge in [-0.25, -0.2) is 12.7 Å². The molecule has 0 fully saturated rings. The number of carbonyl (C=O) groups excluding carboxylic acids is 1. The lowest BCUT2D eigenvalue weighted by Gasteiger charge is -2.20. The summed E-state index contributed by atoms with van der Waals surface area (Å²) in [4.78, 5) is 12.3. The molecule has 0 bridgehead atoms. The van der Waals surface area contributed by atoms with Gasteiger partial charge in [0.15, 0.2) is 0 Å². The number of carbonyl (C=O) groups is 1. The third kappa shape index (κ3) is 6.81. The van der Waals surface area contributed by atoms with E-state index in [4.69, 9.17) is 0 Å². The number of aryl methyl sites for hydroxylation is 3. The molecule has 146 valence electrons. The molecule has 0 saturated heterocycles. The largest absolute Gasteiger partial charge is 0.351 e. The lowest BCUT2D eigenvalue weighted by Crippen LogP contribution is -2.38. The average Bonchev–Trinajstić information content (AvgIpc) is 2.62. The maximum Gasteiger partial charge on any atom is 0.251 e. The van der Waals surface area contributed by atoms with Gasteiger partial charge in [0, 0.05) is 25.2 Å². The summed E-state index contributed by atoms with van der Waals surface area (Å²) in [5.74, 6) is -0.184. The van der Waals surface area contributed by atoms with Crippen molar-refractivity contribution in [2.75, 3.05) is 25.9 Å². The van der Waals surface area contributed by atoms with E-state index in [1.165, 1.54) is 16.1 Å². The van der Waals surface area contributed by atoms with Crippen LogP contribution < -0.4 is 5.32 Å². The van der Waals surface area contributed by atoms with Crippen LogP contribution in [0.1, 0.15) is 33.5 Å². The lowest BCUT2D eigenvalue weighted by molar-refractivity contribution is 0.0951. The van der Waals surface area contributed by atoms with Crippen LogP contribution in [-0.2, 0) is 16.4 Å².